The van der Waals surface area contributed by atoms with E-state index in [2.05, 4.69) is 20.9 Å². The Morgan fingerprint density at radius 2 is 2.09 bits per heavy atom. The minimum absolute atomic E-state index is 0.0965. The fraction of sp³-hybridized carbons (Fsp3) is 0.286. The largest absolute Gasteiger partial charge is 0.462 e. The second-order valence-corrected chi connectivity index (χ2v) is 5.90. The molecule has 0 unspecified atom stereocenters. The zero-order chi connectivity index (χ0) is 17.2. The SMILES string of the molecule is CCOC(=O)c1sc(-c2ccc(C(F)(F)F)cc2F)nc1CBr. The molecule has 0 aliphatic carbocycles. The second-order valence-electron chi connectivity index (χ2n) is 4.34. The molecule has 0 saturated heterocycles. The summed E-state index contributed by atoms with van der Waals surface area (Å²) in [4.78, 5) is 16.1. The number of benzene rings is 1. The smallest absolute Gasteiger partial charge is 0.416 e. The molecule has 0 N–H and O–H groups in total. The summed E-state index contributed by atoms with van der Waals surface area (Å²) in [7, 11) is 0. The molecule has 2 aromatic rings. The molecule has 0 spiro atoms. The minimum atomic E-state index is -4.63. The molecule has 3 nitrogen and oxygen atoms in total. The van der Waals surface area contributed by atoms with Gasteiger partial charge in [0.1, 0.15) is 15.7 Å². The summed E-state index contributed by atoms with van der Waals surface area (Å²) in [6.07, 6.45) is -4.63. The first kappa shape index (κ1) is 17.9. The zero-order valence-corrected chi connectivity index (χ0v) is 14.1. The van der Waals surface area contributed by atoms with Crippen LogP contribution in [0, 0.1) is 5.82 Å². The monoisotopic (exact) mass is 411 g/mol. The van der Waals surface area contributed by atoms with Gasteiger partial charge in [-0.25, -0.2) is 14.2 Å². The molecule has 0 radical (unpaired) electrons. The predicted octanol–water partition coefficient (Wildman–Crippen LogP) is 5.04. The van der Waals surface area contributed by atoms with Crippen molar-refractivity contribution in [2.45, 2.75) is 18.4 Å². The maximum absolute atomic E-state index is 14.0. The molecule has 1 heterocycles. The van der Waals surface area contributed by atoms with E-state index in [0.29, 0.717) is 11.8 Å². The third kappa shape index (κ3) is 3.89. The standard InChI is InChI=1S/C14H10BrF4NO2S/c1-2-22-13(21)11-10(6-15)20-12(23-11)8-4-3-7(5-9(8)16)14(17,18)19/h3-5H,2,6H2,1H3. The summed E-state index contributed by atoms with van der Waals surface area (Å²) in [5.74, 6) is -1.65. The summed E-state index contributed by atoms with van der Waals surface area (Å²) in [6.45, 7) is 1.81. The number of esters is 1. The molecule has 23 heavy (non-hydrogen) atoms. The molecule has 124 valence electrons. The first-order valence-electron chi connectivity index (χ1n) is 6.37. The van der Waals surface area contributed by atoms with E-state index in [9.17, 15) is 22.4 Å². The number of rotatable bonds is 4. The molecule has 0 atom stereocenters. The highest BCUT2D eigenvalue weighted by atomic mass is 79.9. The Morgan fingerprint density at radius 1 is 1.39 bits per heavy atom. The van der Waals surface area contributed by atoms with Gasteiger partial charge in [0.25, 0.3) is 0 Å². The zero-order valence-electron chi connectivity index (χ0n) is 11.7. The Morgan fingerprint density at radius 3 is 2.61 bits per heavy atom. The van der Waals surface area contributed by atoms with Gasteiger partial charge in [-0.05, 0) is 25.1 Å². The van der Waals surface area contributed by atoms with Gasteiger partial charge in [-0.2, -0.15) is 13.2 Å². The van der Waals surface area contributed by atoms with Crippen molar-refractivity contribution in [2.75, 3.05) is 6.61 Å². The highest BCUT2D eigenvalue weighted by molar-refractivity contribution is 9.08. The lowest BCUT2D eigenvalue weighted by Crippen LogP contribution is -2.05. The number of carbonyl (C=O) groups is 1. The lowest BCUT2D eigenvalue weighted by Gasteiger charge is -2.07. The molecule has 0 amide bonds. The Balaban J connectivity index is 2.45. The average Bonchev–Trinajstić information content (AvgIpc) is 2.90. The van der Waals surface area contributed by atoms with Crippen LogP contribution in [0.15, 0.2) is 18.2 Å². The molecule has 1 aromatic heterocycles. The number of aromatic nitrogens is 1. The number of nitrogens with zero attached hydrogens (tertiary/aromatic N) is 1. The molecule has 1 aromatic carbocycles. The molecule has 0 bridgehead atoms. The maximum Gasteiger partial charge on any atom is 0.416 e. The highest BCUT2D eigenvalue weighted by Crippen LogP contribution is 2.35. The minimum Gasteiger partial charge on any atom is -0.462 e. The lowest BCUT2D eigenvalue weighted by atomic mass is 10.1. The number of hydrogen-bond donors (Lipinski definition) is 0. The first-order valence-corrected chi connectivity index (χ1v) is 8.31. The third-order valence-electron chi connectivity index (χ3n) is 2.81. The van der Waals surface area contributed by atoms with Crippen LogP contribution in [0.2, 0.25) is 0 Å². The van der Waals surface area contributed by atoms with Crippen molar-refractivity contribution in [3.8, 4) is 10.6 Å². The van der Waals surface area contributed by atoms with Crippen LogP contribution in [0.4, 0.5) is 17.6 Å². The van der Waals surface area contributed by atoms with Crippen LogP contribution in [0.3, 0.4) is 0 Å². The Hall–Kier alpha value is -1.48. The molecule has 2 rings (SSSR count). The van der Waals surface area contributed by atoms with Crippen molar-refractivity contribution >= 4 is 33.2 Å². The summed E-state index contributed by atoms with van der Waals surface area (Å²) in [5.41, 5.74) is -0.829. The topological polar surface area (TPSA) is 39.2 Å². The van der Waals surface area contributed by atoms with Crippen molar-refractivity contribution in [1.29, 1.82) is 0 Å². The quantitative estimate of drug-likeness (QED) is 0.401. The van der Waals surface area contributed by atoms with Gasteiger partial charge in [-0.15, -0.1) is 11.3 Å². The number of carbonyl (C=O) groups excluding carboxylic acids is 1. The molecule has 0 aliphatic heterocycles. The Labute approximate surface area is 141 Å². The van der Waals surface area contributed by atoms with Crippen LogP contribution in [0.5, 0.6) is 0 Å². The van der Waals surface area contributed by atoms with Crippen LogP contribution in [0.25, 0.3) is 10.6 Å². The normalized spacial score (nSPS) is 11.6. The van der Waals surface area contributed by atoms with E-state index in [4.69, 9.17) is 4.74 Å². The van der Waals surface area contributed by atoms with Crippen LogP contribution in [-0.2, 0) is 16.2 Å². The van der Waals surface area contributed by atoms with E-state index in [1.165, 1.54) is 0 Å². The average molecular weight is 412 g/mol. The number of alkyl halides is 4. The first-order chi connectivity index (χ1) is 10.8. The molecule has 0 fully saturated rings. The lowest BCUT2D eigenvalue weighted by molar-refractivity contribution is -0.137. The summed E-state index contributed by atoms with van der Waals surface area (Å²) < 4.78 is 56.6. The van der Waals surface area contributed by atoms with Crippen LogP contribution >= 0.6 is 27.3 Å². The van der Waals surface area contributed by atoms with Crippen LogP contribution in [-0.4, -0.2) is 17.6 Å². The highest BCUT2D eigenvalue weighted by Gasteiger charge is 2.31. The molecule has 9 heteroatoms. The maximum atomic E-state index is 14.0. The molecular weight excluding hydrogens is 402 g/mol. The van der Waals surface area contributed by atoms with E-state index in [1.54, 1.807) is 6.92 Å². The van der Waals surface area contributed by atoms with E-state index < -0.39 is 23.5 Å². The third-order valence-corrected chi connectivity index (χ3v) is 4.45. The van der Waals surface area contributed by atoms with Gasteiger partial charge in [-0.1, -0.05) is 15.9 Å². The van der Waals surface area contributed by atoms with E-state index >= 15 is 0 Å². The van der Waals surface area contributed by atoms with Gasteiger partial charge in [0.2, 0.25) is 0 Å². The van der Waals surface area contributed by atoms with Gasteiger partial charge in [0, 0.05) is 10.9 Å². The van der Waals surface area contributed by atoms with Crippen molar-refractivity contribution in [2.24, 2.45) is 0 Å². The number of hydrogen-bond acceptors (Lipinski definition) is 4. The molecule has 0 aliphatic rings. The van der Waals surface area contributed by atoms with E-state index in [0.717, 1.165) is 23.5 Å². The van der Waals surface area contributed by atoms with Crippen molar-refractivity contribution in [1.82, 2.24) is 4.98 Å². The number of ether oxygens (including phenoxy) is 1. The summed E-state index contributed by atoms with van der Waals surface area (Å²) in [6, 6.07) is 2.19. The Bertz CT molecular complexity index is 730. The van der Waals surface area contributed by atoms with Crippen molar-refractivity contribution < 1.29 is 27.1 Å². The fourth-order valence-corrected chi connectivity index (χ4v) is 3.37. The van der Waals surface area contributed by atoms with Crippen molar-refractivity contribution in [3.05, 3.63) is 40.2 Å². The molecular formula is C14H10BrF4NO2S. The predicted molar refractivity (Wildman–Crippen MR) is 81.1 cm³/mol. The Kier molecular flexibility index (Phi) is 5.41. The van der Waals surface area contributed by atoms with Gasteiger partial charge in [0.05, 0.1) is 17.9 Å². The van der Waals surface area contributed by atoms with E-state index in [-0.39, 0.29) is 27.4 Å². The second kappa shape index (κ2) is 6.96. The molecule has 0 saturated carbocycles. The summed E-state index contributed by atoms with van der Waals surface area (Å²) >= 11 is 4.04. The fourth-order valence-electron chi connectivity index (χ4n) is 1.78. The van der Waals surface area contributed by atoms with Crippen LogP contribution in [0.1, 0.15) is 27.9 Å². The van der Waals surface area contributed by atoms with E-state index in [1.807, 2.05) is 0 Å². The van der Waals surface area contributed by atoms with Gasteiger partial charge in [-0.3, -0.25) is 0 Å². The van der Waals surface area contributed by atoms with Crippen LogP contribution < -0.4 is 0 Å². The number of thiazole rings is 1. The summed E-state index contributed by atoms with van der Waals surface area (Å²) in [5, 5.41) is 0.355. The number of halogens is 5. The van der Waals surface area contributed by atoms with Crippen molar-refractivity contribution in [3.63, 3.8) is 0 Å². The van der Waals surface area contributed by atoms with Gasteiger partial charge >= 0.3 is 12.1 Å². The van der Waals surface area contributed by atoms with Gasteiger partial charge in [0.15, 0.2) is 0 Å². The van der Waals surface area contributed by atoms with Gasteiger partial charge < -0.3 is 4.74 Å².